The predicted molar refractivity (Wildman–Crippen MR) is 104 cm³/mol. The summed E-state index contributed by atoms with van der Waals surface area (Å²) in [7, 11) is 0. The summed E-state index contributed by atoms with van der Waals surface area (Å²) in [6.45, 7) is 3.98. The lowest BCUT2D eigenvalue weighted by Gasteiger charge is -2.04. The minimum atomic E-state index is 0.228. The van der Waals surface area contributed by atoms with E-state index in [2.05, 4.69) is 9.98 Å². The highest BCUT2D eigenvalue weighted by Gasteiger charge is 2.08. The summed E-state index contributed by atoms with van der Waals surface area (Å²) in [5.41, 5.74) is 6.02. The fourth-order valence-electron chi connectivity index (χ4n) is 2.77. The summed E-state index contributed by atoms with van der Waals surface area (Å²) in [5.74, 6) is 0.819. The monoisotopic (exact) mass is 342 g/mol. The van der Waals surface area contributed by atoms with Gasteiger partial charge in [-0.3, -0.25) is 4.99 Å². The largest absolute Gasteiger partial charge is 0.507 e. The fourth-order valence-corrected chi connectivity index (χ4v) is 2.77. The molecule has 4 rings (SSSR count). The van der Waals surface area contributed by atoms with Crippen LogP contribution < -0.4 is 0 Å². The van der Waals surface area contributed by atoms with Gasteiger partial charge in [-0.1, -0.05) is 18.2 Å². The number of nitrogens with zero attached hydrogens (tertiary/aromatic N) is 2. The number of hydrogen-bond donors (Lipinski definition) is 1. The van der Waals surface area contributed by atoms with Crippen molar-refractivity contribution in [3.05, 3.63) is 77.4 Å². The van der Waals surface area contributed by atoms with Gasteiger partial charge in [-0.25, -0.2) is 4.98 Å². The van der Waals surface area contributed by atoms with E-state index in [-0.39, 0.29) is 5.75 Å². The Morgan fingerprint density at radius 3 is 2.54 bits per heavy atom. The van der Waals surface area contributed by atoms with Crippen LogP contribution in [0, 0.1) is 13.8 Å². The van der Waals surface area contributed by atoms with Crippen molar-refractivity contribution in [3.8, 4) is 17.2 Å². The molecule has 1 heterocycles. The highest BCUT2D eigenvalue weighted by Crippen LogP contribution is 2.27. The summed E-state index contributed by atoms with van der Waals surface area (Å²) >= 11 is 0. The third-order valence-electron chi connectivity index (χ3n) is 4.39. The minimum absolute atomic E-state index is 0.228. The van der Waals surface area contributed by atoms with Gasteiger partial charge in [-0.2, -0.15) is 0 Å². The van der Waals surface area contributed by atoms with Crippen LogP contribution in [0.5, 0.6) is 5.75 Å². The van der Waals surface area contributed by atoms with Crippen LogP contribution in [0.4, 0.5) is 5.69 Å². The van der Waals surface area contributed by atoms with E-state index in [0.717, 1.165) is 33.5 Å². The Bertz CT molecular complexity index is 1110. The Kier molecular flexibility index (Phi) is 4.01. The molecule has 128 valence electrons. The first-order valence-electron chi connectivity index (χ1n) is 8.40. The van der Waals surface area contributed by atoms with Gasteiger partial charge in [-0.05, 0) is 67.4 Å². The van der Waals surface area contributed by atoms with Gasteiger partial charge in [0.2, 0.25) is 5.89 Å². The van der Waals surface area contributed by atoms with Gasteiger partial charge >= 0.3 is 0 Å². The quantitative estimate of drug-likeness (QED) is 0.495. The van der Waals surface area contributed by atoms with E-state index < -0.39 is 0 Å². The molecule has 26 heavy (non-hydrogen) atoms. The first kappa shape index (κ1) is 16.1. The van der Waals surface area contributed by atoms with E-state index in [0.29, 0.717) is 11.5 Å². The molecule has 0 unspecified atom stereocenters. The summed E-state index contributed by atoms with van der Waals surface area (Å²) in [5, 5.41) is 10.1. The Morgan fingerprint density at radius 1 is 0.962 bits per heavy atom. The smallest absolute Gasteiger partial charge is 0.227 e. The summed E-state index contributed by atoms with van der Waals surface area (Å²) in [4.78, 5) is 9.03. The Morgan fingerprint density at radius 2 is 1.73 bits per heavy atom. The van der Waals surface area contributed by atoms with Crippen LogP contribution in [-0.4, -0.2) is 16.3 Å². The second-order valence-electron chi connectivity index (χ2n) is 6.29. The zero-order chi connectivity index (χ0) is 18.1. The molecule has 0 spiro atoms. The number of aromatic hydroxyl groups is 1. The molecule has 0 bridgehead atoms. The van der Waals surface area contributed by atoms with Gasteiger partial charge in [0, 0.05) is 17.3 Å². The molecule has 0 fully saturated rings. The van der Waals surface area contributed by atoms with Gasteiger partial charge in [0.15, 0.2) is 5.58 Å². The summed E-state index contributed by atoms with van der Waals surface area (Å²) < 4.78 is 5.82. The van der Waals surface area contributed by atoms with E-state index >= 15 is 0 Å². The van der Waals surface area contributed by atoms with Gasteiger partial charge < -0.3 is 9.52 Å². The van der Waals surface area contributed by atoms with Crippen molar-refractivity contribution in [1.82, 2.24) is 4.98 Å². The molecule has 4 nitrogen and oxygen atoms in total. The maximum atomic E-state index is 10.1. The average molecular weight is 342 g/mol. The molecule has 0 radical (unpaired) electrons. The molecule has 0 atom stereocenters. The van der Waals surface area contributed by atoms with E-state index in [9.17, 15) is 5.11 Å². The van der Waals surface area contributed by atoms with Crippen LogP contribution in [0.3, 0.4) is 0 Å². The second kappa shape index (κ2) is 6.48. The van der Waals surface area contributed by atoms with Crippen molar-refractivity contribution in [2.45, 2.75) is 13.8 Å². The minimum Gasteiger partial charge on any atom is -0.507 e. The molecule has 0 saturated carbocycles. The molecular formula is C22H18N2O2. The van der Waals surface area contributed by atoms with Crippen LogP contribution in [0.25, 0.3) is 22.6 Å². The Labute approximate surface area is 151 Å². The zero-order valence-electron chi connectivity index (χ0n) is 14.6. The number of aromatic nitrogens is 1. The van der Waals surface area contributed by atoms with Gasteiger partial charge in [0.1, 0.15) is 11.3 Å². The number of aryl methyl sites for hydroxylation is 2. The third kappa shape index (κ3) is 3.09. The van der Waals surface area contributed by atoms with Gasteiger partial charge in [0.25, 0.3) is 0 Å². The fraction of sp³-hybridized carbons (Fsp3) is 0.0909. The molecule has 4 aromatic rings. The molecule has 0 amide bonds. The van der Waals surface area contributed by atoms with Crippen molar-refractivity contribution >= 4 is 23.0 Å². The van der Waals surface area contributed by atoms with Crippen LogP contribution >= 0.6 is 0 Å². The van der Waals surface area contributed by atoms with Crippen LogP contribution in [0.15, 0.2) is 70.1 Å². The maximum Gasteiger partial charge on any atom is 0.227 e. The van der Waals surface area contributed by atoms with Gasteiger partial charge in [0.05, 0.1) is 5.69 Å². The maximum absolute atomic E-state index is 10.1. The number of fused-ring (bicyclic) bond motifs is 1. The molecule has 4 heteroatoms. The van der Waals surface area contributed by atoms with Crippen LogP contribution in [0.1, 0.15) is 16.7 Å². The molecule has 0 aliphatic heterocycles. The number of benzene rings is 3. The van der Waals surface area contributed by atoms with Crippen LogP contribution in [0.2, 0.25) is 0 Å². The molecule has 1 N–H and O–H groups in total. The summed E-state index contributed by atoms with van der Waals surface area (Å²) in [6.07, 6.45) is 1.67. The number of aliphatic imine (C=N–C) groups is 1. The van der Waals surface area contributed by atoms with E-state index in [1.54, 1.807) is 12.3 Å². The normalized spacial score (nSPS) is 11.5. The van der Waals surface area contributed by atoms with Gasteiger partial charge in [-0.15, -0.1) is 0 Å². The molecule has 0 aliphatic rings. The number of rotatable bonds is 3. The average Bonchev–Trinajstić information content (AvgIpc) is 3.08. The first-order valence-corrected chi connectivity index (χ1v) is 8.40. The third-order valence-corrected chi connectivity index (χ3v) is 4.39. The van der Waals surface area contributed by atoms with Crippen LogP contribution in [-0.2, 0) is 0 Å². The lowest BCUT2D eigenvalue weighted by atomic mass is 10.1. The number of hydrogen-bond acceptors (Lipinski definition) is 4. The topological polar surface area (TPSA) is 58.6 Å². The lowest BCUT2D eigenvalue weighted by molar-refractivity contribution is 0.474. The SMILES string of the molecule is Cc1cc(O)c(C=Nc2ccc3oc(-c4ccccc4)nc3c2)cc1C. The molecular weight excluding hydrogens is 324 g/mol. The molecule has 3 aromatic carbocycles. The predicted octanol–water partition coefficient (Wildman–Crippen LogP) is 5.57. The van der Waals surface area contributed by atoms with E-state index in [4.69, 9.17) is 4.42 Å². The van der Waals surface area contributed by atoms with E-state index in [1.165, 1.54) is 0 Å². The van der Waals surface area contributed by atoms with Crippen molar-refractivity contribution in [3.63, 3.8) is 0 Å². The number of oxazole rings is 1. The van der Waals surface area contributed by atoms with E-state index in [1.807, 2.05) is 68.4 Å². The van der Waals surface area contributed by atoms with Crippen molar-refractivity contribution < 1.29 is 9.52 Å². The summed E-state index contributed by atoms with van der Waals surface area (Å²) in [6, 6.07) is 19.1. The van der Waals surface area contributed by atoms with Crippen molar-refractivity contribution in [2.75, 3.05) is 0 Å². The highest BCUT2D eigenvalue weighted by molar-refractivity contribution is 5.87. The van der Waals surface area contributed by atoms with Crippen molar-refractivity contribution in [1.29, 1.82) is 0 Å². The standard InChI is InChI=1S/C22H18N2O2/c1-14-10-17(20(25)11-15(14)2)13-23-18-8-9-21-19(12-18)24-22(26-21)16-6-4-3-5-7-16/h3-13,25H,1-2H3. The second-order valence-corrected chi connectivity index (χ2v) is 6.29. The zero-order valence-corrected chi connectivity index (χ0v) is 14.6. The molecule has 0 aliphatic carbocycles. The number of phenols is 1. The Hall–Kier alpha value is -3.40. The molecule has 0 saturated heterocycles. The first-order chi connectivity index (χ1) is 12.6. The highest BCUT2D eigenvalue weighted by atomic mass is 16.3. The number of phenolic OH excluding ortho intramolecular Hbond substituents is 1. The van der Waals surface area contributed by atoms with Crippen molar-refractivity contribution in [2.24, 2.45) is 4.99 Å². The lowest BCUT2D eigenvalue weighted by Crippen LogP contribution is -1.87. The molecule has 1 aromatic heterocycles. The Balaban J connectivity index is 1.67.